The number of hydrogen-bond acceptors (Lipinski definition) is 7. The van der Waals surface area contributed by atoms with Gasteiger partial charge in [0.1, 0.15) is 11.9 Å². The van der Waals surface area contributed by atoms with E-state index in [1.165, 1.54) is 12.5 Å². The fourth-order valence-corrected chi connectivity index (χ4v) is 9.66. The first-order valence-electron chi connectivity index (χ1n) is 15.0. The Morgan fingerprint density at radius 2 is 2.07 bits per heavy atom. The molecule has 2 aliphatic heterocycles. The van der Waals surface area contributed by atoms with Gasteiger partial charge in [-0.3, -0.25) is 14.5 Å². The number of carbonyl (C=O) groups excluding carboxylic acids is 2. The van der Waals surface area contributed by atoms with Crippen LogP contribution in [-0.2, 0) is 27.8 Å². The number of carbonyl (C=O) groups is 2. The Balaban J connectivity index is 1.24. The second-order valence-corrected chi connectivity index (χ2v) is 14.1. The van der Waals surface area contributed by atoms with E-state index < -0.39 is 5.97 Å². The van der Waals surface area contributed by atoms with Gasteiger partial charge in [-0.1, -0.05) is 30.3 Å². The highest BCUT2D eigenvalue weighted by Crippen LogP contribution is 2.65. The van der Waals surface area contributed by atoms with Crippen LogP contribution >= 0.6 is 27.3 Å². The Labute approximate surface area is 264 Å². The molecule has 1 saturated carbocycles. The summed E-state index contributed by atoms with van der Waals surface area (Å²) in [4.78, 5) is 31.0. The molecular weight excluding hydrogens is 628 g/mol. The van der Waals surface area contributed by atoms with E-state index in [4.69, 9.17) is 9.47 Å². The van der Waals surface area contributed by atoms with Gasteiger partial charge in [0.05, 0.1) is 6.04 Å². The number of halogens is 1. The van der Waals surface area contributed by atoms with E-state index in [2.05, 4.69) is 45.1 Å². The lowest BCUT2D eigenvalue weighted by atomic mass is 9.50. The van der Waals surface area contributed by atoms with Gasteiger partial charge in [0.25, 0.3) is 0 Å². The number of rotatable bonds is 7. The largest absolute Gasteiger partial charge is 0.508 e. The number of nitrogens with zero attached hydrogens (tertiary/aromatic N) is 2. The molecule has 1 spiro atoms. The number of esters is 1. The van der Waals surface area contributed by atoms with Crippen LogP contribution in [0.3, 0.4) is 0 Å². The molecule has 1 N–H and O–H groups in total. The highest BCUT2D eigenvalue weighted by molar-refractivity contribution is 9.10. The summed E-state index contributed by atoms with van der Waals surface area (Å²) >= 11 is 5.06. The highest BCUT2D eigenvalue weighted by Gasteiger charge is 2.67. The predicted molar refractivity (Wildman–Crippen MR) is 170 cm³/mol. The summed E-state index contributed by atoms with van der Waals surface area (Å²) in [5.41, 5.74) is 2.85. The van der Waals surface area contributed by atoms with Crippen molar-refractivity contribution < 1.29 is 24.2 Å². The van der Waals surface area contributed by atoms with Crippen molar-refractivity contribution in [3.63, 3.8) is 0 Å². The molecule has 7 nitrogen and oxygen atoms in total. The number of thiophene rings is 1. The van der Waals surface area contributed by atoms with E-state index in [0.717, 1.165) is 65.7 Å². The van der Waals surface area contributed by atoms with Crippen molar-refractivity contribution in [2.45, 2.75) is 62.6 Å². The molecule has 43 heavy (non-hydrogen) atoms. The van der Waals surface area contributed by atoms with Crippen molar-refractivity contribution in [2.24, 2.45) is 5.92 Å². The summed E-state index contributed by atoms with van der Waals surface area (Å²) in [6, 6.07) is 14.2. The second kappa shape index (κ2) is 11.1. The third-order valence-electron chi connectivity index (χ3n) is 10.1. The summed E-state index contributed by atoms with van der Waals surface area (Å²) in [5, 5.41) is 13.3. The van der Waals surface area contributed by atoms with Crippen LogP contribution in [-0.4, -0.2) is 65.1 Å². The fraction of sp³-hybridized carbons (Fsp3) is 0.412. The van der Waals surface area contributed by atoms with Gasteiger partial charge in [-0.15, -0.1) is 11.3 Å². The van der Waals surface area contributed by atoms with Crippen molar-refractivity contribution in [3.8, 4) is 17.2 Å². The van der Waals surface area contributed by atoms with Crippen LogP contribution in [0.5, 0.6) is 17.2 Å². The van der Waals surface area contributed by atoms with Gasteiger partial charge in [-0.2, -0.15) is 0 Å². The van der Waals surface area contributed by atoms with Crippen molar-refractivity contribution in [3.05, 3.63) is 80.0 Å². The SMILES string of the molecule is CC(=O)Oc1cc(O)c2c3c1O[C@H]1[C@@H](N(C)C(=O)/C=C/c4cc(Br)cs4)CC[C@H]4[C@@H](C2)N(CCc2ccccc2)CC[C@@]341. The first kappa shape index (κ1) is 28.6. The zero-order valence-electron chi connectivity index (χ0n) is 24.3. The molecule has 3 aromatic rings. The molecule has 9 heteroatoms. The van der Waals surface area contributed by atoms with Gasteiger partial charge in [-0.05, 0) is 78.2 Å². The van der Waals surface area contributed by atoms with Gasteiger partial charge in [0.15, 0.2) is 11.5 Å². The number of hydrogen-bond donors (Lipinski definition) is 1. The number of amides is 1. The third kappa shape index (κ3) is 4.80. The molecule has 1 aromatic heterocycles. The molecule has 7 rings (SSSR count). The van der Waals surface area contributed by atoms with Gasteiger partial charge in [0, 0.05) is 70.0 Å². The van der Waals surface area contributed by atoms with E-state index in [1.807, 2.05) is 35.5 Å². The van der Waals surface area contributed by atoms with Crippen molar-refractivity contribution >= 4 is 45.2 Å². The Morgan fingerprint density at radius 3 is 2.81 bits per heavy atom. The number of likely N-dealkylation sites (tertiary alicyclic amines) is 1. The van der Waals surface area contributed by atoms with Crippen LogP contribution in [0.1, 0.15) is 47.8 Å². The molecule has 2 aromatic carbocycles. The third-order valence-corrected chi connectivity index (χ3v) is 11.8. The van der Waals surface area contributed by atoms with Crippen LogP contribution in [0.4, 0.5) is 0 Å². The number of aromatic hydroxyl groups is 1. The molecule has 2 fully saturated rings. The lowest BCUT2D eigenvalue weighted by Crippen LogP contribution is -2.69. The lowest BCUT2D eigenvalue weighted by Gasteiger charge is -2.60. The number of ether oxygens (including phenoxy) is 2. The number of likely N-dealkylation sites (N-methyl/N-ethyl adjacent to an activating group) is 1. The normalized spacial score (nSPS) is 27.0. The maximum Gasteiger partial charge on any atom is 0.308 e. The first-order chi connectivity index (χ1) is 20.8. The molecule has 3 heterocycles. The molecule has 224 valence electrons. The van der Waals surface area contributed by atoms with E-state index in [1.54, 1.807) is 23.5 Å². The maximum atomic E-state index is 13.5. The number of phenols is 1. The summed E-state index contributed by atoms with van der Waals surface area (Å²) in [6.45, 7) is 3.22. The minimum atomic E-state index is -0.457. The van der Waals surface area contributed by atoms with Crippen LogP contribution < -0.4 is 9.47 Å². The number of benzene rings is 2. The Hall–Kier alpha value is -3.14. The van der Waals surface area contributed by atoms with E-state index >= 15 is 0 Å². The molecule has 0 unspecified atom stereocenters. The molecule has 2 aliphatic carbocycles. The average Bonchev–Trinajstić information content (AvgIpc) is 3.57. The predicted octanol–water partition coefficient (Wildman–Crippen LogP) is 5.96. The van der Waals surface area contributed by atoms with Gasteiger partial charge >= 0.3 is 5.97 Å². The minimum Gasteiger partial charge on any atom is -0.508 e. The Bertz CT molecular complexity index is 1610. The van der Waals surface area contributed by atoms with Gasteiger partial charge < -0.3 is 19.5 Å². The Morgan fingerprint density at radius 1 is 1.26 bits per heavy atom. The maximum absolute atomic E-state index is 13.5. The summed E-state index contributed by atoms with van der Waals surface area (Å²) in [6.07, 6.45) is 7.53. The summed E-state index contributed by atoms with van der Waals surface area (Å²) in [7, 11) is 1.87. The van der Waals surface area contributed by atoms with Gasteiger partial charge in [-0.25, -0.2) is 0 Å². The van der Waals surface area contributed by atoms with Crippen LogP contribution in [0.15, 0.2) is 58.4 Å². The molecule has 0 radical (unpaired) electrons. The second-order valence-electron chi connectivity index (χ2n) is 12.2. The van der Waals surface area contributed by atoms with Crippen LogP contribution in [0, 0.1) is 5.92 Å². The van der Waals surface area contributed by atoms with Crippen molar-refractivity contribution in [1.29, 1.82) is 0 Å². The van der Waals surface area contributed by atoms with Crippen LogP contribution in [0.25, 0.3) is 6.08 Å². The molecular formula is C34H35BrN2O5S. The van der Waals surface area contributed by atoms with Gasteiger partial charge in [0.2, 0.25) is 5.91 Å². The van der Waals surface area contributed by atoms with E-state index in [0.29, 0.717) is 11.7 Å². The number of piperidine rings is 1. The molecule has 2 bridgehead atoms. The summed E-state index contributed by atoms with van der Waals surface area (Å²) < 4.78 is 13.5. The molecule has 5 atom stereocenters. The monoisotopic (exact) mass is 662 g/mol. The van der Waals surface area contributed by atoms with E-state index in [-0.39, 0.29) is 41.0 Å². The minimum absolute atomic E-state index is 0.0696. The standard InChI is InChI=1S/C34H35BrN2O5S/c1-20(38)41-29-18-28(39)24-17-27-25-9-10-26(36(2)30(40)11-8-23-16-22(35)19-43-23)33-34(25,31(24)32(29)42-33)13-15-37(27)14-12-21-6-4-3-5-7-21/h3-8,11,16,18-19,25-27,33,39H,9-10,12-15,17H2,1-2H3/b11-8+/t25-,26-,27+,33-,34-/m0/s1. The zero-order chi connectivity index (χ0) is 29.9. The lowest BCUT2D eigenvalue weighted by molar-refractivity contribution is -0.135. The Kier molecular flexibility index (Phi) is 7.38. The van der Waals surface area contributed by atoms with Crippen molar-refractivity contribution in [2.75, 3.05) is 20.1 Å². The highest BCUT2D eigenvalue weighted by atomic mass is 79.9. The zero-order valence-corrected chi connectivity index (χ0v) is 26.7. The van der Waals surface area contributed by atoms with E-state index in [9.17, 15) is 14.7 Å². The summed E-state index contributed by atoms with van der Waals surface area (Å²) in [5.74, 6) is 0.778. The average molecular weight is 664 g/mol. The molecule has 4 aliphatic rings. The first-order valence-corrected chi connectivity index (χ1v) is 16.6. The smallest absolute Gasteiger partial charge is 0.308 e. The topological polar surface area (TPSA) is 79.3 Å². The fourth-order valence-electron chi connectivity index (χ4n) is 8.32. The molecule has 1 amide bonds. The number of phenolic OH excluding ortho intramolecular Hbond substituents is 1. The van der Waals surface area contributed by atoms with Crippen LogP contribution in [0.2, 0.25) is 0 Å². The quantitative estimate of drug-likeness (QED) is 0.191. The van der Waals surface area contributed by atoms with Crippen molar-refractivity contribution in [1.82, 2.24) is 9.80 Å². The molecule has 1 saturated heterocycles.